The van der Waals surface area contributed by atoms with E-state index in [0.717, 1.165) is 12.0 Å². The Hall–Kier alpha value is -2.61. The van der Waals surface area contributed by atoms with Crippen molar-refractivity contribution in [3.05, 3.63) is 83.4 Å². The molecule has 3 rings (SSSR count). The van der Waals surface area contributed by atoms with Gasteiger partial charge in [0.25, 0.3) is 5.91 Å². The van der Waals surface area contributed by atoms with Crippen molar-refractivity contribution < 1.29 is 4.79 Å². The van der Waals surface area contributed by atoms with Gasteiger partial charge in [-0.3, -0.25) is 4.79 Å². The minimum atomic E-state index is 0.0681. The Labute approximate surface area is 150 Å². The van der Waals surface area contributed by atoms with Crippen molar-refractivity contribution in [2.75, 3.05) is 7.05 Å². The molecule has 0 fully saturated rings. The number of rotatable bonds is 5. The van der Waals surface area contributed by atoms with Crippen LogP contribution in [0.15, 0.2) is 66.7 Å². The van der Waals surface area contributed by atoms with E-state index in [1.165, 1.54) is 21.9 Å². The van der Waals surface area contributed by atoms with E-state index < -0.39 is 0 Å². The molecule has 0 aromatic heterocycles. The molecule has 2 heteroatoms. The molecule has 0 bridgehead atoms. The Morgan fingerprint density at radius 2 is 1.68 bits per heavy atom. The molecule has 2 nitrogen and oxygen atoms in total. The Morgan fingerprint density at radius 3 is 2.48 bits per heavy atom. The highest BCUT2D eigenvalue weighted by Crippen LogP contribution is 2.20. The van der Waals surface area contributed by atoms with Gasteiger partial charge in [-0.25, -0.2) is 0 Å². The lowest BCUT2D eigenvalue weighted by Gasteiger charge is -2.19. The van der Waals surface area contributed by atoms with E-state index in [0.29, 0.717) is 12.5 Å². The highest BCUT2D eigenvalue weighted by molar-refractivity contribution is 5.94. The Balaban J connectivity index is 1.81. The molecule has 0 N–H and O–H groups in total. The van der Waals surface area contributed by atoms with Crippen LogP contribution in [0.1, 0.15) is 35.3 Å². The van der Waals surface area contributed by atoms with E-state index in [-0.39, 0.29) is 5.91 Å². The first-order valence-electron chi connectivity index (χ1n) is 8.85. The third-order valence-electron chi connectivity index (χ3n) is 4.45. The molecule has 25 heavy (non-hydrogen) atoms. The fraction of sp³-hybridized carbons (Fsp3) is 0.261. The van der Waals surface area contributed by atoms with E-state index in [1.54, 1.807) is 4.90 Å². The summed E-state index contributed by atoms with van der Waals surface area (Å²) >= 11 is 0. The van der Waals surface area contributed by atoms with Crippen molar-refractivity contribution in [1.29, 1.82) is 0 Å². The van der Waals surface area contributed by atoms with Gasteiger partial charge in [0.2, 0.25) is 0 Å². The quantitative estimate of drug-likeness (QED) is 0.620. The van der Waals surface area contributed by atoms with E-state index in [9.17, 15) is 4.79 Å². The van der Waals surface area contributed by atoms with Crippen LogP contribution in [-0.2, 0) is 13.0 Å². The second-order valence-corrected chi connectivity index (χ2v) is 7.10. The van der Waals surface area contributed by atoms with Gasteiger partial charge in [0.1, 0.15) is 0 Å². The summed E-state index contributed by atoms with van der Waals surface area (Å²) in [6.07, 6.45) is 0.994. The van der Waals surface area contributed by atoms with Crippen LogP contribution in [0.4, 0.5) is 0 Å². The smallest absolute Gasteiger partial charge is 0.253 e. The second-order valence-electron chi connectivity index (χ2n) is 7.10. The third kappa shape index (κ3) is 4.08. The highest BCUT2D eigenvalue weighted by Gasteiger charge is 2.14. The van der Waals surface area contributed by atoms with Gasteiger partial charge in [0.05, 0.1) is 0 Å². The van der Waals surface area contributed by atoms with Crippen LogP contribution < -0.4 is 0 Å². The SMILES string of the molecule is CC(C)Cc1cccc(C(=O)N(C)Cc2cccc3ccccc23)c1. The van der Waals surface area contributed by atoms with Crippen molar-refractivity contribution in [3.63, 3.8) is 0 Å². The number of fused-ring (bicyclic) bond motifs is 1. The van der Waals surface area contributed by atoms with Gasteiger partial charge in [-0.2, -0.15) is 0 Å². The van der Waals surface area contributed by atoms with Gasteiger partial charge in [-0.1, -0.05) is 68.4 Å². The van der Waals surface area contributed by atoms with Crippen molar-refractivity contribution >= 4 is 16.7 Å². The first-order chi connectivity index (χ1) is 12.0. The van der Waals surface area contributed by atoms with Gasteiger partial charge in [0, 0.05) is 19.2 Å². The molecule has 0 heterocycles. The van der Waals surface area contributed by atoms with Gasteiger partial charge in [-0.05, 0) is 46.4 Å². The van der Waals surface area contributed by atoms with E-state index in [1.807, 2.05) is 37.4 Å². The molecule has 0 aliphatic rings. The van der Waals surface area contributed by atoms with E-state index in [4.69, 9.17) is 0 Å². The molecule has 3 aromatic carbocycles. The number of carbonyl (C=O) groups is 1. The van der Waals surface area contributed by atoms with Crippen molar-refractivity contribution in [1.82, 2.24) is 4.90 Å². The van der Waals surface area contributed by atoms with E-state index >= 15 is 0 Å². The molecular formula is C23H25NO. The zero-order valence-electron chi connectivity index (χ0n) is 15.2. The minimum Gasteiger partial charge on any atom is -0.337 e. The maximum atomic E-state index is 12.8. The molecule has 3 aromatic rings. The first-order valence-corrected chi connectivity index (χ1v) is 8.85. The van der Waals surface area contributed by atoms with E-state index in [2.05, 4.69) is 50.2 Å². The average Bonchev–Trinajstić information content (AvgIpc) is 2.61. The third-order valence-corrected chi connectivity index (χ3v) is 4.45. The standard InChI is InChI=1S/C23H25NO/c1-17(2)14-18-8-6-11-20(15-18)23(25)24(3)16-21-12-7-10-19-9-4-5-13-22(19)21/h4-13,15,17H,14,16H2,1-3H3. The summed E-state index contributed by atoms with van der Waals surface area (Å²) in [5.41, 5.74) is 3.16. The number of benzene rings is 3. The van der Waals surface area contributed by atoms with Crippen LogP contribution in [0, 0.1) is 5.92 Å². The lowest BCUT2D eigenvalue weighted by molar-refractivity contribution is 0.0785. The van der Waals surface area contributed by atoms with Gasteiger partial charge in [0.15, 0.2) is 0 Å². The fourth-order valence-electron chi connectivity index (χ4n) is 3.28. The summed E-state index contributed by atoms with van der Waals surface area (Å²) in [6.45, 7) is 5.00. The number of nitrogens with zero attached hydrogens (tertiary/aromatic N) is 1. The maximum Gasteiger partial charge on any atom is 0.253 e. The van der Waals surface area contributed by atoms with Crippen LogP contribution in [0.25, 0.3) is 10.8 Å². The zero-order chi connectivity index (χ0) is 17.8. The number of amides is 1. The van der Waals surface area contributed by atoms with Gasteiger partial charge in [-0.15, -0.1) is 0 Å². The summed E-state index contributed by atoms with van der Waals surface area (Å²) in [7, 11) is 1.87. The molecule has 0 atom stereocenters. The van der Waals surface area contributed by atoms with Gasteiger partial charge >= 0.3 is 0 Å². The molecule has 0 unspecified atom stereocenters. The fourth-order valence-corrected chi connectivity index (χ4v) is 3.28. The molecule has 0 saturated heterocycles. The molecule has 1 amide bonds. The Bertz CT molecular complexity index is 877. The lowest BCUT2D eigenvalue weighted by atomic mass is 10.0. The summed E-state index contributed by atoms with van der Waals surface area (Å²) in [5, 5.41) is 2.41. The number of hydrogen-bond donors (Lipinski definition) is 0. The Kier molecular flexibility index (Phi) is 5.18. The topological polar surface area (TPSA) is 20.3 Å². The number of hydrogen-bond acceptors (Lipinski definition) is 1. The van der Waals surface area contributed by atoms with Crippen LogP contribution in [0.3, 0.4) is 0 Å². The molecule has 0 radical (unpaired) electrons. The van der Waals surface area contributed by atoms with Gasteiger partial charge < -0.3 is 4.90 Å². The number of carbonyl (C=O) groups excluding carboxylic acids is 1. The average molecular weight is 331 g/mol. The van der Waals surface area contributed by atoms with Crippen LogP contribution in [0.2, 0.25) is 0 Å². The molecule has 0 spiro atoms. The molecule has 0 aliphatic carbocycles. The molecule has 0 aliphatic heterocycles. The predicted molar refractivity (Wildman–Crippen MR) is 105 cm³/mol. The van der Waals surface area contributed by atoms with Crippen molar-refractivity contribution in [2.24, 2.45) is 5.92 Å². The largest absolute Gasteiger partial charge is 0.337 e. The van der Waals surface area contributed by atoms with Crippen LogP contribution >= 0.6 is 0 Å². The summed E-state index contributed by atoms with van der Waals surface area (Å²) < 4.78 is 0. The predicted octanol–water partition coefficient (Wildman–Crippen LogP) is 5.31. The Morgan fingerprint density at radius 1 is 0.960 bits per heavy atom. The summed E-state index contributed by atoms with van der Waals surface area (Å²) in [4.78, 5) is 14.7. The second kappa shape index (κ2) is 7.52. The highest BCUT2D eigenvalue weighted by atomic mass is 16.2. The molecule has 128 valence electrons. The van der Waals surface area contributed by atoms with Crippen LogP contribution in [0.5, 0.6) is 0 Å². The lowest BCUT2D eigenvalue weighted by Crippen LogP contribution is -2.26. The van der Waals surface area contributed by atoms with Crippen molar-refractivity contribution in [2.45, 2.75) is 26.8 Å². The zero-order valence-corrected chi connectivity index (χ0v) is 15.2. The first kappa shape index (κ1) is 17.2. The van der Waals surface area contributed by atoms with Crippen molar-refractivity contribution in [3.8, 4) is 0 Å². The normalized spacial score (nSPS) is 11.0. The van der Waals surface area contributed by atoms with Crippen LogP contribution in [-0.4, -0.2) is 17.9 Å². The summed E-state index contributed by atoms with van der Waals surface area (Å²) in [6, 6.07) is 22.6. The molecular weight excluding hydrogens is 306 g/mol. The monoisotopic (exact) mass is 331 g/mol. The minimum absolute atomic E-state index is 0.0681. The summed E-state index contributed by atoms with van der Waals surface area (Å²) in [5.74, 6) is 0.650. The molecule has 0 saturated carbocycles. The maximum absolute atomic E-state index is 12.8.